The minimum atomic E-state index is -3.34. The maximum Gasteiger partial charge on any atom is 0.252 e. The molecule has 2 fully saturated rings. The number of piperidine rings is 2. The third-order valence-corrected chi connectivity index (χ3v) is 7.11. The van der Waals surface area contributed by atoms with Crippen molar-refractivity contribution >= 4 is 27.3 Å². The van der Waals surface area contributed by atoms with E-state index in [4.69, 9.17) is 0 Å². The number of rotatable bonds is 2. The van der Waals surface area contributed by atoms with E-state index in [1.165, 1.54) is 11.3 Å². The summed E-state index contributed by atoms with van der Waals surface area (Å²) in [6.07, 6.45) is 2.00. The van der Waals surface area contributed by atoms with Crippen molar-refractivity contribution in [2.45, 2.75) is 29.5 Å². The van der Waals surface area contributed by atoms with Gasteiger partial charge in [-0.15, -0.1) is 11.3 Å². The molecule has 3 rings (SSSR count). The number of nitrogens with zero attached hydrogens (tertiary/aromatic N) is 1. The fourth-order valence-corrected chi connectivity index (χ4v) is 5.49. The Morgan fingerprint density at radius 2 is 2.21 bits per heavy atom. The zero-order chi connectivity index (χ0) is 13.5. The summed E-state index contributed by atoms with van der Waals surface area (Å²) in [5.74, 6) is 0.344. The number of amides is 1. The first-order valence-electron chi connectivity index (χ1n) is 6.40. The highest BCUT2D eigenvalue weighted by Gasteiger charge is 2.38. The molecule has 5 nitrogen and oxygen atoms in total. The topological polar surface area (TPSA) is 66.5 Å². The van der Waals surface area contributed by atoms with Crippen molar-refractivity contribution in [1.29, 1.82) is 0 Å². The molecule has 0 aromatic carbocycles. The Morgan fingerprint density at radius 3 is 2.95 bits per heavy atom. The van der Waals surface area contributed by atoms with Gasteiger partial charge in [0.2, 0.25) is 5.91 Å². The van der Waals surface area contributed by atoms with Crippen molar-refractivity contribution in [3.05, 3.63) is 17.5 Å². The second kappa shape index (κ2) is 4.88. The Labute approximate surface area is 116 Å². The number of carbonyl (C=O) groups is 1. The molecule has 0 aliphatic carbocycles. The Bertz CT molecular complexity index is 568. The standard InChI is InChI=1S/C12H16N2O3S2/c15-11-4-3-9-8-14(6-5-10(9)13-11)19(16,17)12-2-1-7-18-12/h1-2,7,9-10H,3-6,8H2,(H,13,15). The van der Waals surface area contributed by atoms with Gasteiger partial charge >= 0.3 is 0 Å². The first kappa shape index (κ1) is 13.1. The molecule has 1 aromatic heterocycles. The summed E-state index contributed by atoms with van der Waals surface area (Å²) in [4.78, 5) is 11.3. The number of sulfonamides is 1. The molecule has 0 radical (unpaired) electrons. The van der Waals surface area contributed by atoms with Gasteiger partial charge in [-0.1, -0.05) is 6.07 Å². The highest BCUT2D eigenvalue weighted by Crippen LogP contribution is 2.30. The van der Waals surface area contributed by atoms with Crippen LogP contribution in [-0.2, 0) is 14.8 Å². The highest BCUT2D eigenvalue weighted by molar-refractivity contribution is 7.91. The highest BCUT2D eigenvalue weighted by atomic mass is 32.2. The monoisotopic (exact) mass is 300 g/mol. The number of hydrogen-bond donors (Lipinski definition) is 1. The number of hydrogen-bond acceptors (Lipinski definition) is 4. The molecule has 2 unspecified atom stereocenters. The lowest BCUT2D eigenvalue weighted by molar-refractivity contribution is -0.124. The first-order valence-corrected chi connectivity index (χ1v) is 8.72. The molecule has 7 heteroatoms. The van der Waals surface area contributed by atoms with Gasteiger partial charge in [-0.05, 0) is 30.2 Å². The van der Waals surface area contributed by atoms with Crippen molar-refractivity contribution in [2.75, 3.05) is 13.1 Å². The van der Waals surface area contributed by atoms with Gasteiger partial charge in [0.15, 0.2) is 0 Å². The van der Waals surface area contributed by atoms with Crippen LogP contribution in [0.25, 0.3) is 0 Å². The Morgan fingerprint density at radius 1 is 1.37 bits per heavy atom. The molecule has 2 aliphatic heterocycles. The van der Waals surface area contributed by atoms with Gasteiger partial charge in [-0.2, -0.15) is 4.31 Å². The van der Waals surface area contributed by atoms with E-state index in [1.807, 2.05) is 0 Å². The molecule has 3 heterocycles. The van der Waals surface area contributed by atoms with E-state index >= 15 is 0 Å². The average molecular weight is 300 g/mol. The summed E-state index contributed by atoms with van der Waals surface area (Å²) in [6, 6.07) is 3.55. The lowest BCUT2D eigenvalue weighted by Crippen LogP contribution is -2.54. The van der Waals surface area contributed by atoms with E-state index in [-0.39, 0.29) is 17.9 Å². The zero-order valence-corrected chi connectivity index (χ0v) is 12.0. The third kappa shape index (κ3) is 2.42. The van der Waals surface area contributed by atoms with Crippen LogP contribution in [0.1, 0.15) is 19.3 Å². The first-order chi connectivity index (χ1) is 9.07. The van der Waals surface area contributed by atoms with Crippen molar-refractivity contribution in [3.8, 4) is 0 Å². The van der Waals surface area contributed by atoms with Crippen LogP contribution in [0.5, 0.6) is 0 Å². The van der Waals surface area contributed by atoms with Crippen molar-refractivity contribution < 1.29 is 13.2 Å². The minimum absolute atomic E-state index is 0.0933. The van der Waals surface area contributed by atoms with E-state index in [1.54, 1.807) is 21.8 Å². The van der Waals surface area contributed by atoms with Crippen LogP contribution in [-0.4, -0.2) is 37.8 Å². The fourth-order valence-electron chi connectivity index (χ4n) is 2.83. The predicted octanol–water partition coefficient (Wildman–Crippen LogP) is 1.04. The second-order valence-electron chi connectivity index (χ2n) is 5.06. The van der Waals surface area contributed by atoms with Gasteiger partial charge in [0.25, 0.3) is 10.0 Å². The molecule has 1 N–H and O–H groups in total. The van der Waals surface area contributed by atoms with Gasteiger partial charge in [0, 0.05) is 25.6 Å². The largest absolute Gasteiger partial charge is 0.353 e. The van der Waals surface area contributed by atoms with Crippen LogP contribution in [0.4, 0.5) is 0 Å². The van der Waals surface area contributed by atoms with Crippen LogP contribution in [0, 0.1) is 5.92 Å². The average Bonchev–Trinajstić information content (AvgIpc) is 2.92. The predicted molar refractivity (Wildman–Crippen MR) is 72.3 cm³/mol. The molecular formula is C12H16N2O3S2. The Balaban J connectivity index is 1.77. The lowest BCUT2D eigenvalue weighted by atomic mass is 9.86. The number of thiophene rings is 1. The molecule has 2 saturated heterocycles. The van der Waals surface area contributed by atoms with Crippen LogP contribution in [0.2, 0.25) is 0 Å². The molecular weight excluding hydrogens is 284 g/mol. The summed E-state index contributed by atoms with van der Waals surface area (Å²) in [6.45, 7) is 1.01. The second-order valence-corrected chi connectivity index (χ2v) is 8.17. The zero-order valence-electron chi connectivity index (χ0n) is 10.4. The quantitative estimate of drug-likeness (QED) is 0.887. The van der Waals surface area contributed by atoms with Crippen LogP contribution in [0.3, 0.4) is 0 Å². The van der Waals surface area contributed by atoms with Crippen molar-refractivity contribution in [2.24, 2.45) is 5.92 Å². The van der Waals surface area contributed by atoms with Crippen LogP contribution in [0.15, 0.2) is 21.7 Å². The number of nitrogens with one attached hydrogen (secondary N) is 1. The van der Waals surface area contributed by atoms with Gasteiger partial charge in [-0.3, -0.25) is 4.79 Å². The molecule has 0 saturated carbocycles. The van der Waals surface area contributed by atoms with E-state index < -0.39 is 10.0 Å². The summed E-state index contributed by atoms with van der Waals surface area (Å²) < 4.78 is 26.8. The molecule has 104 valence electrons. The number of fused-ring (bicyclic) bond motifs is 1. The van der Waals surface area contributed by atoms with E-state index in [0.29, 0.717) is 30.1 Å². The summed E-state index contributed by atoms with van der Waals surface area (Å²) >= 11 is 1.25. The maximum atomic E-state index is 12.4. The maximum absolute atomic E-state index is 12.4. The molecule has 0 bridgehead atoms. The van der Waals surface area contributed by atoms with Crippen LogP contribution < -0.4 is 5.32 Å². The Kier molecular flexibility index (Phi) is 3.36. The van der Waals surface area contributed by atoms with Crippen molar-refractivity contribution in [1.82, 2.24) is 9.62 Å². The van der Waals surface area contributed by atoms with Gasteiger partial charge < -0.3 is 5.32 Å². The Hall–Kier alpha value is -0.920. The van der Waals surface area contributed by atoms with E-state index in [9.17, 15) is 13.2 Å². The third-order valence-electron chi connectivity index (χ3n) is 3.87. The number of carbonyl (C=O) groups excluding carboxylic acids is 1. The lowest BCUT2D eigenvalue weighted by Gasteiger charge is -2.40. The molecule has 2 atom stereocenters. The molecule has 19 heavy (non-hydrogen) atoms. The summed E-state index contributed by atoms with van der Waals surface area (Å²) in [5, 5.41) is 4.75. The smallest absolute Gasteiger partial charge is 0.252 e. The fraction of sp³-hybridized carbons (Fsp3) is 0.583. The van der Waals surface area contributed by atoms with Gasteiger partial charge in [0.1, 0.15) is 4.21 Å². The summed E-state index contributed by atoms with van der Waals surface area (Å²) in [7, 11) is -3.34. The van der Waals surface area contributed by atoms with Crippen molar-refractivity contribution in [3.63, 3.8) is 0 Å². The molecule has 2 aliphatic rings. The SMILES string of the molecule is O=C1CCC2CN(S(=O)(=O)c3cccs3)CCC2N1. The van der Waals surface area contributed by atoms with E-state index in [2.05, 4.69) is 5.32 Å². The molecule has 1 amide bonds. The normalized spacial score (nSPS) is 28.7. The summed E-state index contributed by atoms with van der Waals surface area (Å²) in [5.41, 5.74) is 0. The van der Waals surface area contributed by atoms with E-state index in [0.717, 1.165) is 6.42 Å². The van der Waals surface area contributed by atoms with Gasteiger partial charge in [0.05, 0.1) is 0 Å². The molecule has 1 aromatic rings. The minimum Gasteiger partial charge on any atom is -0.353 e. The van der Waals surface area contributed by atoms with Crippen LogP contribution >= 0.6 is 11.3 Å². The van der Waals surface area contributed by atoms with Gasteiger partial charge in [-0.25, -0.2) is 8.42 Å². The molecule has 0 spiro atoms.